The van der Waals surface area contributed by atoms with E-state index in [1.807, 2.05) is 46.8 Å². The summed E-state index contributed by atoms with van der Waals surface area (Å²) < 4.78 is 26.7. The molecule has 0 saturated carbocycles. The van der Waals surface area contributed by atoms with Crippen molar-refractivity contribution < 1.29 is 13.7 Å². The van der Waals surface area contributed by atoms with Crippen LogP contribution in [0.3, 0.4) is 0 Å². The number of H-pyrrole nitrogens is 1. The zero-order valence-electron chi connectivity index (χ0n) is 16.8. The van der Waals surface area contributed by atoms with Crippen LogP contribution in [0.2, 0.25) is 0 Å². The molecule has 1 aromatic carbocycles. The third kappa shape index (κ3) is 3.27. The second-order valence-corrected chi connectivity index (χ2v) is 8.27. The average Bonchev–Trinajstić information content (AvgIpc) is 3.11. The summed E-state index contributed by atoms with van der Waals surface area (Å²) in [4.78, 5) is 4.29. The lowest BCUT2D eigenvalue weighted by atomic mass is 9.78. The zero-order chi connectivity index (χ0) is 20.1. The summed E-state index contributed by atoms with van der Waals surface area (Å²) in [6, 6.07) is 7.07. The lowest BCUT2D eigenvalue weighted by molar-refractivity contribution is 0.00578. The minimum atomic E-state index is -0.578. The molecule has 1 fully saturated rings. The summed E-state index contributed by atoms with van der Waals surface area (Å²) in [5.74, 6) is 0.342. The number of anilines is 1. The minimum Gasteiger partial charge on any atom is -0.399 e. The Kier molecular flexibility index (Phi) is 4.43. The quantitative estimate of drug-likeness (QED) is 0.678. The van der Waals surface area contributed by atoms with Crippen molar-refractivity contribution in [3.05, 3.63) is 47.4 Å². The summed E-state index contributed by atoms with van der Waals surface area (Å²) in [5, 5.41) is 11.2. The number of halogens is 1. The van der Waals surface area contributed by atoms with Crippen LogP contribution in [0.5, 0.6) is 0 Å². The summed E-state index contributed by atoms with van der Waals surface area (Å²) in [5.41, 5.74) is 2.03. The molecule has 3 heterocycles. The Morgan fingerprint density at radius 1 is 1.14 bits per heavy atom. The van der Waals surface area contributed by atoms with Gasteiger partial charge in [0.05, 0.1) is 16.6 Å². The first kappa shape index (κ1) is 18.9. The van der Waals surface area contributed by atoms with E-state index >= 15 is 0 Å². The van der Waals surface area contributed by atoms with Gasteiger partial charge in [-0.3, -0.25) is 5.10 Å². The first-order valence-electron chi connectivity index (χ1n) is 9.35. The molecule has 0 unspecified atom stereocenters. The van der Waals surface area contributed by atoms with E-state index in [9.17, 15) is 4.39 Å². The largest absolute Gasteiger partial charge is 0.494 e. The standard InChI is InChI=1S/C20H24BFN4O2/c1-12-8-15-17(23-10-12)25-26-18(15)24-11-13-6-7-14(9-16(13)22)21-27-19(2,3)20(4,5)28-21/h6-10H,11H2,1-5H3,(H2,23,24,25,26). The van der Waals surface area contributed by atoms with E-state index in [1.165, 1.54) is 6.07 Å². The fourth-order valence-corrected chi connectivity index (χ4v) is 3.15. The second-order valence-electron chi connectivity index (χ2n) is 8.27. The normalized spacial score (nSPS) is 18.0. The monoisotopic (exact) mass is 382 g/mol. The second kappa shape index (κ2) is 6.56. The number of hydrogen-bond acceptors (Lipinski definition) is 5. The Labute approximate surface area is 164 Å². The molecule has 0 spiro atoms. The van der Waals surface area contributed by atoms with E-state index in [0.717, 1.165) is 10.9 Å². The molecule has 8 heteroatoms. The van der Waals surface area contributed by atoms with Gasteiger partial charge >= 0.3 is 7.12 Å². The van der Waals surface area contributed by atoms with Crippen molar-refractivity contribution in [1.29, 1.82) is 0 Å². The molecule has 6 nitrogen and oxygen atoms in total. The lowest BCUT2D eigenvalue weighted by Crippen LogP contribution is -2.41. The third-order valence-electron chi connectivity index (χ3n) is 5.60. The van der Waals surface area contributed by atoms with Crippen LogP contribution in [-0.2, 0) is 15.9 Å². The molecular formula is C20H24BFN4O2. The van der Waals surface area contributed by atoms with Gasteiger partial charge in [0.15, 0.2) is 11.5 Å². The average molecular weight is 382 g/mol. The van der Waals surface area contributed by atoms with Crippen molar-refractivity contribution >= 4 is 29.4 Å². The van der Waals surface area contributed by atoms with Crippen molar-refractivity contribution in [2.75, 3.05) is 5.32 Å². The van der Waals surface area contributed by atoms with Crippen LogP contribution in [0.25, 0.3) is 11.0 Å². The van der Waals surface area contributed by atoms with Crippen LogP contribution in [-0.4, -0.2) is 33.5 Å². The van der Waals surface area contributed by atoms with Crippen molar-refractivity contribution in [2.24, 2.45) is 0 Å². The molecule has 1 saturated heterocycles. The van der Waals surface area contributed by atoms with E-state index in [4.69, 9.17) is 9.31 Å². The van der Waals surface area contributed by atoms with Crippen molar-refractivity contribution in [2.45, 2.75) is 52.4 Å². The molecule has 28 heavy (non-hydrogen) atoms. The number of nitrogens with one attached hydrogen (secondary N) is 2. The van der Waals surface area contributed by atoms with Crippen LogP contribution in [0.1, 0.15) is 38.8 Å². The van der Waals surface area contributed by atoms with Gasteiger partial charge in [-0.25, -0.2) is 9.37 Å². The number of pyridine rings is 1. The Morgan fingerprint density at radius 2 is 1.86 bits per heavy atom. The molecule has 1 aliphatic heterocycles. The number of nitrogens with zero attached hydrogens (tertiary/aromatic N) is 2. The zero-order valence-corrected chi connectivity index (χ0v) is 16.8. The first-order chi connectivity index (χ1) is 13.2. The van der Waals surface area contributed by atoms with Crippen LogP contribution in [0.4, 0.5) is 10.2 Å². The summed E-state index contributed by atoms with van der Waals surface area (Å²) in [7, 11) is -0.578. The summed E-state index contributed by atoms with van der Waals surface area (Å²) in [6.07, 6.45) is 1.78. The Balaban J connectivity index is 1.50. The topological polar surface area (TPSA) is 72.1 Å². The van der Waals surface area contributed by atoms with Gasteiger partial charge in [0.25, 0.3) is 0 Å². The maximum atomic E-state index is 14.7. The van der Waals surface area contributed by atoms with E-state index in [0.29, 0.717) is 29.0 Å². The molecule has 2 aromatic heterocycles. The van der Waals surface area contributed by atoms with Crippen molar-refractivity contribution in [3.8, 4) is 0 Å². The maximum Gasteiger partial charge on any atom is 0.494 e. The van der Waals surface area contributed by atoms with E-state index in [-0.39, 0.29) is 5.82 Å². The number of benzene rings is 1. The molecule has 0 aliphatic carbocycles. The van der Waals surface area contributed by atoms with Crippen LogP contribution in [0.15, 0.2) is 30.5 Å². The SMILES string of the molecule is Cc1cnc2[nH]nc(NCc3ccc(B4OC(C)(C)C(C)(C)O4)cc3F)c2c1. The number of aromatic amines is 1. The van der Waals surface area contributed by atoms with Gasteiger partial charge in [-0.15, -0.1) is 0 Å². The molecular weight excluding hydrogens is 358 g/mol. The van der Waals surface area contributed by atoms with Crippen molar-refractivity contribution in [1.82, 2.24) is 15.2 Å². The summed E-state index contributed by atoms with van der Waals surface area (Å²) >= 11 is 0. The predicted octanol–water partition coefficient (Wildman–Crippen LogP) is 3.32. The fraction of sp³-hybridized carbons (Fsp3) is 0.400. The third-order valence-corrected chi connectivity index (χ3v) is 5.60. The van der Waals surface area contributed by atoms with Gasteiger partial charge in [-0.1, -0.05) is 12.1 Å². The number of rotatable bonds is 4. The van der Waals surface area contributed by atoms with Gasteiger partial charge in [0.2, 0.25) is 0 Å². The molecule has 2 N–H and O–H groups in total. The number of fused-ring (bicyclic) bond motifs is 1. The highest BCUT2D eigenvalue weighted by molar-refractivity contribution is 6.62. The number of aryl methyl sites for hydroxylation is 1. The molecule has 0 bridgehead atoms. The first-order valence-corrected chi connectivity index (χ1v) is 9.35. The van der Waals surface area contributed by atoms with Gasteiger partial charge < -0.3 is 14.6 Å². The molecule has 3 aromatic rings. The Bertz CT molecular complexity index is 1020. The van der Waals surface area contributed by atoms with Crippen LogP contribution in [0, 0.1) is 12.7 Å². The molecule has 146 valence electrons. The summed E-state index contributed by atoms with van der Waals surface area (Å²) in [6.45, 7) is 10.2. The number of aromatic nitrogens is 3. The lowest BCUT2D eigenvalue weighted by Gasteiger charge is -2.32. The van der Waals surface area contributed by atoms with Gasteiger partial charge in [0.1, 0.15) is 5.82 Å². The Hall–Kier alpha value is -2.45. The van der Waals surface area contributed by atoms with E-state index in [2.05, 4.69) is 20.5 Å². The van der Waals surface area contributed by atoms with E-state index in [1.54, 1.807) is 12.3 Å². The molecule has 1 aliphatic rings. The minimum absolute atomic E-state index is 0.309. The highest BCUT2D eigenvalue weighted by atomic mass is 19.1. The highest BCUT2D eigenvalue weighted by Crippen LogP contribution is 2.36. The number of hydrogen-bond donors (Lipinski definition) is 2. The Morgan fingerprint density at radius 3 is 2.54 bits per heavy atom. The van der Waals surface area contributed by atoms with Crippen LogP contribution < -0.4 is 10.8 Å². The highest BCUT2D eigenvalue weighted by Gasteiger charge is 2.51. The van der Waals surface area contributed by atoms with Crippen LogP contribution >= 0.6 is 0 Å². The molecule has 0 amide bonds. The molecule has 0 atom stereocenters. The maximum absolute atomic E-state index is 14.7. The van der Waals surface area contributed by atoms with Gasteiger partial charge in [-0.05, 0) is 57.8 Å². The molecule has 0 radical (unpaired) electrons. The van der Waals surface area contributed by atoms with Crippen molar-refractivity contribution in [3.63, 3.8) is 0 Å². The van der Waals surface area contributed by atoms with Gasteiger partial charge in [-0.2, -0.15) is 5.10 Å². The smallest absolute Gasteiger partial charge is 0.399 e. The molecule has 4 rings (SSSR count). The predicted molar refractivity (Wildman–Crippen MR) is 108 cm³/mol. The fourth-order valence-electron chi connectivity index (χ4n) is 3.15. The van der Waals surface area contributed by atoms with E-state index < -0.39 is 18.3 Å². The van der Waals surface area contributed by atoms with Gasteiger partial charge in [0, 0.05) is 18.3 Å².